The minimum absolute atomic E-state index is 0.0177. The zero-order chi connectivity index (χ0) is 19.7. The quantitative estimate of drug-likeness (QED) is 0.801. The molecule has 2 unspecified atom stereocenters. The predicted molar refractivity (Wildman–Crippen MR) is 104 cm³/mol. The topological polar surface area (TPSA) is 94.6 Å². The van der Waals surface area contributed by atoms with Crippen molar-refractivity contribution in [2.24, 2.45) is 0 Å². The van der Waals surface area contributed by atoms with E-state index in [2.05, 4.69) is 22.5 Å². The van der Waals surface area contributed by atoms with Crippen LogP contribution >= 0.6 is 0 Å². The summed E-state index contributed by atoms with van der Waals surface area (Å²) in [6, 6.07) is 3.69. The highest BCUT2D eigenvalue weighted by Crippen LogP contribution is 2.30. The van der Waals surface area contributed by atoms with Gasteiger partial charge in [0.05, 0.1) is 12.1 Å². The number of hydrogen-bond donors (Lipinski definition) is 2. The lowest BCUT2D eigenvalue weighted by molar-refractivity contribution is -0.142. The third kappa shape index (κ3) is 3.55. The summed E-state index contributed by atoms with van der Waals surface area (Å²) in [7, 11) is 0. The molecule has 2 atom stereocenters. The normalized spacial score (nSPS) is 27.7. The van der Waals surface area contributed by atoms with E-state index < -0.39 is 5.66 Å². The number of hydrogen-bond acceptors (Lipinski definition) is 5. The molecule has 1 spiro atoms. The number of pyridine rings is 1. The van der Waals surface area contributed by atoms with E-state index in [9.17, 15) is 14.4 Å². The van der Waals surface area contributed by atoms with Crippen molar-refractivity contribution in [1.82, 2.24) is 20.1 Å². The Morgan fingerprint density at radius 2 is 2.11 bits per heavy atom. The Kier molecular flexibility index (Phi) is 4.95. The van der Waals surface area contributed by atoms with Gasteiger partial charge in [0.1, 0.15) is 11.5 Å². The summed E-state index contributed by atoms with van der Waals surface area (Å²) in [5, 5.41) is 6.36. The number of likely N-dealkylation sites (tertiary alicyclic amines) is 2. The molecule has 0 aromatic carbocycles. The molecule has 1 aromatic heterocycles. The van der Waals surface area contributed by atoms with E-state index in [1.54, 1.807) is 23.2 Å². The van der Waals surface area contributed by atoms with Gasteiger partial charge in [0.2, 0.25) is 11.8 Å². The molecule has 3 aliphatic heterocycles. The van der Waals surface area contributed by atoms with Crippen molar-refractivity contribution in [3.63, 3.8) is 0 Å². The van der Waals surface area contributed by atoms with E-state index in [4.69, 9.17) is 0 Å². The van der Waals surface area contributed by atoms with Crippen molar-refractivity contribution in [1.29, 1.82) is 0 Å². The molecule has 0 radical (unpaired) electrons. The Labute approximate surface area is 164 Å². The van der Waals surface area contributed by atoms with Gasteiger partial charge in [0, 0.05) is 38.2 Å². The van der Waals surface area contributed by atoms with Crippen molar-refractivity contribution in [2.45, 2.75) is 57.2 Å². The zero-order valence-electron chi connectivity index (χ0n) is 16.2. The van der Waals surface area contributed by atoms with Crippen molar-refractivity contribution < 1.29 is 14.4 Å². The van der Waals surface area contributed by atoms with Crippen LogP contribution in [0.2, 0.25) is 0 Å². The molecule has 1 aromatic rings. The number of nitrogens with one attached hydrogen (secondary N) is 2. The minimum Gasteiger partial charge on any atom is -0.347 e. The monoisotopic (exact) mass is 385 g/mol. The number of nitrogens with zero attached hydrogens (tertiary/aromatic N) is 3. The summed E-state index contributed by atoms with van der Waals surface area (Å²) < 4.78 is 0. The number of piperidine rings is 1. The maximum absolute atomic E-state index is 12.8. The summed E-state index contributed by atoms with van der Waals surface area (Å²) in [5.41, 5.74) is -0.195. The molecular formula is C20H27N5O3. The first-order valence-electron chi connectivity index (χ1n) is 10.1. The van der Waals surface area contributed by atoms with Crippen molar-refractivity contribution in [3.05, 3.63) is 23.9 Å². The fraction of sp³-hybridized carbons (Fsp3) is 0.600. The van der Waals surface area contributed by atoms with Crippen LogP contribution in [-0.2, 0) is 9.59 Å². The largest absolute Gasteiger partial charge is 0.347 e. The standard InChI is InChI=1S/C20H27N5O3/c1-14-5-2-3-11-25(14)17(27)13-24-12-9-20(8-7-16(24)26)22-18-15(19(28)23-20)6-4-10-21-18/h4,6,10,14H,2-3,5,7-9,11-13H2,1H3,(H,21,22)(H,23,28). The Morgan fingerprint density at radius 3 is 2.93 bits per heavy atom. The number of carbonyl (C=O) groups excluding carboxylic acids is 3. The molecule has 2 fully saturated rings. The maximum Gasteiger partial charge on any atom is 0.256 e. The van der Waals surface area contributed by atoms with Gasteiger partial charge in [-0.05, 0) is 44.7 Å². The third-order valence-electron chi connectivity index (χ3n) is 6.14. The van der Waals surface area contributed by atoms with Crippen LogP contribution in [0, 0.1) is 0 Å². The van der Waals surface area contributed by atoms with Gasteiger partial charge in [-0.1, -0.05) is 0 Å². The molecule has 150 valence electrons. The van der Waals surface area contributed by atoms with E-state index >= 15 is 0 Å². The minimum atomic E-state index is -0.704. The molecule has 4 heterocycles. The molecule has 8 heteroatoms. The number of fused-ring (bicyclic) bond motifs is 1. The SMILES string of the molecule is CC1CCCCN1C(=O)CN1CCC2(CCC1=O)NC(=O)c1cccnc1N2. The van der Waals surface area contributed by atoms with Crippen LogP contribution < -0.4 is 10.6 Å². The number of anilines is 1. The van der Waals surface area contributed by atoms with Gasteiger partial charge in [0.25, 0.3) is 5.91 Å². The molecule has 0 saturated carbocycles. The predicted octanol–water partition coefficient (Wildman–Crippen LogP) is 1.35. The van der Waals surface area contributed by atoms with Gasteiger partial charge in [-0.2, -0.15) is 0 Å². The van der Waals surface area contributed by atoms with Gasteiger partial charge in [-0.25, -0.2) is 4.98 Å². The van der Waals surface area contributed by atoms with Crippen LogP contribution in [0.1, 0.15) is 55.8 Å². The lowest BCUT2D eigenvalue weighted by Crippen LogP contribution is -2.58. The fourth-order valence-corrected chi connectivity index (χ4v) is 4.42. The van der Waals surface area contributed by atoms with E-state index in [0.29, 0.717) is 30.8 Å². The van der Waals surface area contributed by atoms with Crippen LogP contribution in [0.25, 0.3) is 0 Å². The second-order valence-corrected chi connectivity index (χ2v) is 8.06. The van der Waals surface area contributed by atoms with Crippen LogP contribution in [0.4, 0.5) is 5.82 Å². The summed E-state index contributed by atoms with van der Waals surface area (Å²) in [6.07, 6.45) is 6.11. The number of carbonyl (C=O) groups is 3. The Morgan fingerprint density at radius 1 is 1.25 bits per heavy atom. The Balaban J connectivity index is 1.45. The van der Waals surface area contributed by atoms with E-state index in [1.165, 1.54) is 0 Å². The lowest BCUT2D eigenvalue weighted by Gasteiger charge is -2.39. The molecule has 3 amide bonds. The smallest absolute Gasteiger partial charge is 0.256 e. The van der Waals surface area contributed by atoms with E-state index in [-0.39, 0.29) is 36.7 Å². The first-order chi connectivity index (χ1) is 13.5. The summed E-state index contributed by atoms with van der Waals surface area (Å²) in [4.78, 5) is 45.7. The molecule has 0 bridgehead atoms. The number of rotatable bonds is 2. The molecule has 4 rings (SSSR count). The average molecular weight is 385 g/mol. The third-order valence-corrected chi connectivity index (χ3v) is 6.14. The molecule has 28 heavy (non-hydrogen) atoms. The first kappa shape index (κ1) is 18.7. The van der Waals surface area contributed by atoms with Crippen molar-refractivity contribution in [2.75, 3.05) is 25.0 Å². The average Bonchev–Trinajstić information content (AvgIpc) is 2.83. The van der Waals surface area contributed by atoms with Crippen LogP contribution in [0.5, 0.6) is 0 Å². The second-order valence-electron chi connectivity index (χ2n) is 8.06. The van der Waals surface area contributed by atoms with Gasteiger partial charge in [0.15, 0.2) is 0 Å². The van der Waals surface area contributed by atoms with Crippen LogP contribution in [0.15, 0.2) is 18.3 Å². The first-order valence-corrected chi connectivity index (χ1v) is 10.1. The maximum atomic E-state index is 12.8. The molecule has 2 N–H and O–H groups in total. The molecule has 0 aliphatic carbocycles. The highest BCUT2D eigenvalue weighted by molar-refractivity contribution is 6.01. The van der Waals surface area contributed by atoms with Crippen molar-refractivity contribution in [3.8, 4) is 0 Å². The van der Waals surface area contributed by atoms with Gasteiger partial charge in [-0.15, -0.1) is 0 Å². The Hall–Kier alpha value is -2.64. The van der Waals surface area contributed by atoms with Gasteiger partial charge in [-0.3, -0.25) is 14.4 Å². The van der Waals surface area contributed by atoms with Crippen LogP contribution in [-0.4, -0.2) is 63.8 Å². The highest BCUT2D eigenvalue weighted by atomic mass is 16.2. The number of aromatic nitrogens is 1. The van der Waals surface area contributed by atoms with Gasteiger partial charge >= 0.3 is 0 Å². The van der Waals surface area contributed by atoms with Crippen molar-refractivity contribution >= 4 is 23.5 Å². The summed E-state index contributed by atoms with van der Waals surface area (Å²) >= 11 is 0. The zero-order valence-corrected chi connectivity index (χ0v) is 16.2. The lowest BCUT2D eigenvalue weighted by atomic mass is 9.97. The molecule has 8 nitrogen and oxygen atoms in total. The van der Waals surface area contributed by atoms with E-state index in [0.717, 1.165) is 25.8 Å². The Bertz CT molecular complexity index is 798. The summed E-state index contributed by atoms with van der Waals surface area (Å²) in [5.74, 6) is 0.341. The van der Waals surface area contributed by atoms with E-state index in [1.807, 2.05) is 4.90 Å². The van der Waals surface area contributed by atoms with Crippen LogP contribution in [0.3, 0.4) is 0 Å². The molecular weight excluding hydrogens is 358 g/mol. The van der Waals surface area contributed by atoms with Gasteiger partial charge < -0.3 is 20.4 Å². The number of amides is 3. The molecule has 3 aliphatic rings. The summed E-state index contributed by atoms with van der Waals surface area (Å²) in [6.45, 7) is 3.37. The molecule has 2 saturated heterocycles. The highest BCUT2D eigenvalue weighted by Gasteiger charge is 2.41. The fourth-order valence-electron chi connectivity index (χ4n) is 4.42. The second kappa shape index (κ2) is 7.41.